The molecule has 5 nitrogen and oxygen atoms in total. The number of aromatic nitrogens is 2. The summed E-state index contributed by atoms with van der Waals surface area (Å²) in [5, 5.41) is 8.41. The third-order valence-electron chi connectivity index (χ3n) is 4.72. The molecule has 5 heteroatoms. The van der Waals surface area contributed by atoms with Gasteiger partial charge < -0.3 is 9.32 Å². The van der Waals surface area contributed by atoms with Gasteiger partial charge in [-0.25, -0.2) is 0 Å². The molecular weight excluding hydrogens is 252 g/mol. The second kappa shape index (κ2) is 6.22. The fourth-order valence-corrected chi connectivity index (χ4v) is 3.43. The van der Waals surface area contributed by atoms with Gasteiger partial charge in [-0.1, -0.05) is 6.92 Å². The van der Waals surface area contributed by atoms with Gasteiger partial charge in [0.15, 0.2) is 0 Å². The van der Waals surface area contributed by atoms with Crippen LogP contribution in [-0.2, 0) is 6.42 Å². The molecule has 0 aliphatic carbocycles. The van der Waals surface area contributed by atoms with Gasteiger partial charge in [-0.3, -0.25) is 4.90 Å². The van der Waals surface area contributed by atoms with Crippen molar-refractivity contribution >= 4 is 0 Å². The van der Waals surface area contributed by atoms with Gasteiger partial charge in [-0.2, -0.15) is 0 Å². The van der Waals surface area contributed by atoms with Crippen LogP contribution in [0.2, 0.25) is 0 Å². The zero-order valence-corrected chi connectivity index (χ0v) is 12.7. The Bertz CT molecular complexity index is 425. The summed E-state index contributed by atoms with van der Waals surface area (Å²) >= 11 is 0. The third-order valence-corrected chi connectivity index (χ3v) is 4.72. The quantitative estimate of drug-likeness (QED) is 0.842. The monoisotopic (exact) mass is 278 g/mol. The lowest BCUT2D eigenvalue weighted by molar-refractivity contribution is 0.141. The predicted octanol–water partition coefficient (Wildman–Crippen LogP) is 1.91. The Balaban J connectivity index is 1.55. The van der Waals surface area contributed by atoms with Crippen molar-refractivity contribution in [1.29, 1.82) is 0 Å². The number of hydrogen-bond acceptors (Lipinski definition) is 5. The summed E-state index contributed by atoms with van der Waals surface area (Å²) in [7, 11) is 2.22. The number of rotatable bonds is 4. The minimum absolute atomic E-state index is 0.452. The van der Waals surface area contributed by atoms with Gasteiger partial charge >= 0.3 is 0 Å². The fraction of sp³-hybridized carbons (Fsp3) is 0.867. The zero-order valence-electron chi connectivity index (χ0n) is 12.7. The van der Waals surface area contributed by atoms with E-state index in [2.05, 4.69) is 34.0 Å². The van der Waals surface area contributed by atoms with Crippen LogP contribution in [0.5, 0.6) is 0 Å². The Morgan fingerprint density at radius 1 is 1.15 bits per heavy atom. The maximum atomic E-state index is 5.80. The SMILES string of the molecule is CCCc1nnc([C@H]2CCN(C3CCN(C)CC3)C2)o1. The maximum absolute atomic E-state index is 5.80. The highest BCUT2D eigenvalue weighted by Gasteiger charge is 2.33. The van der Waals surface area contributed by atoms with Gasteiger partial charge in [0.25, 0.3) is 0 Å². The first kappa shape index (κ1) is 14.0. The smallest absolute Gasteiger partial charge is 0.220 e. The van der Waals surface area contributed by atoms with E-state index in [0.29, 0.717) is 5.92 Å². The van der Waals surface area contributed by atoms with Gasteiger partial charge in [0.1, 0.15) is 0 Å². The van der Waals surface area contributed by atoms with E-state index in [-0.39, 0.29) is 0 Å². The Morgan fingerprint density at radius 3 is 2.70 bits per heavy atom. The van der Waals surface area contributed by atoms with Crippen molar-refractivity contribution in [2.24, 2.45) is 0 Å². The first-order valence-corrected chi connectivity index (χ1v) is 8.01. The van der Waals surface area contributed by atoms with E-state index < -0.39 is 0 Å². The number of aryl methyl sites for hydroxylation is 1. The molecule has 0 spiro atoms. The van der Waals surface area contributed by atoms with Gasteiger partial charge in [0.2, 0.25) is 11.8 Å². The van der Waals surface area contributed by atoms with Gasteiger partial charge in [-0.15, -0.1) is 10.2 Å². The molecule has 0 radical (unpaired) electrons. The summed E-state index contributed by atoms with van der Waals surface area (Å²) < 4.78 is 5.80. The average molecular weight is 278 g/mol. The molecule has 1 aromatic heterocycles. The van der Waals surface area contributed by atoms with E-state index in [0.717, 1.165) is 37.2 Å². The van der Waals surface area contributed by atoms with Gasteiger partial charge in [0.05, 0.1) is 5.92 Å². The molecule has 3 heterocycles. The van der Waals surface area contributed by atoms with Crippen molar-refractivity contribution in [3.05, 3.63) is 11.8 Å². The van der Waals surface area contributed by atoms with E-state index in [1.54, 1.807) is 0 Å². The number of likely N-dealkylation sites (tertiary alicyclic amines) is 2. The molecule has 2 saturated heterocycles. The topological polar surface area (TPSA) is 45.4 Å². The largest absolute Gasteiger partial charge is 0.425 e. The molecular formula is C15H26N4O. The van der Waals surface area contributed by atoms with Crippen molar-refractivity contribution in [3.63, 3.8) is 0 Å². The molecule has 2 aliphatic rings. The standard InChI is InChI=1S/C15H26N4O/c1-3-4-14-16-17-15(20-14)12-5-10-19(11-12)13-6-8-18(2)9-7-13/h12-13H,3-11H2,1-2H3/t12-/m0/s1. The van der Waals surface area contributed by atoms with Crippen LogP contribution in [0.25, 0.3) is 0 Å². The van der Waals surface area contributed by atoms with E-state index in [1.165, 1.54) is 38.9 Å². The van der Waals surface area contributed by atoms with Crippen LogP contribution in [0.1, 0.15) is 50.3 Å². The molecule has 20 heavy (non-hydrogen) atoms. The Labute approximate surface area is 121 Å². The van der Waals surface area contributed by atoms with Crippen molar-refractivity contribution in [3.8, 4) is 0 Å². The molecule has 0 bridgehead atoms. The molecule has 0 amide bonds. The van der Waals surface area contributed by atoms with Crippen LogP contribution >= 0.6 is 0 Å². The minimum atomic E-state index is 0.452. The molecule has 3 rings (SSSR count). The third kappa shape index (κ3) is 3.04. The molecule has 1 atom stereocenters. The number of hydrogen-bond donors (Lipinski definition) is 0. The van der Waals surface area contributed by atoms with Crippen molar-refractivity contribution < 1.29 is 4.42 Å². The van der Waals surface area contributed by atoms with Crippen LogP contribution in [0.3, 0.4) is 0 Å². The number of piperidine rings is 1. The predicted molar refractivity (Wildman–Crippen MR) is 77.7 cm³/mol. The molecule has 112 valence electrons. The van der Waals surface area contributed by atoms with Crippen molar-refractivity contribution in [2.75, 3.05) is 33.2 Å². The zero-order chi connectivity index (χ0) is 13.9. The van der Waals surface area contributed by atoms with Crippen LogP contribution < -0.4 is 0 Å². The Kier molecular flexibility index (Phi) is 4.36. The highest BCUT2D eigenvalue weighted by atomic mass is 16.4. The van der Waals surface area contributed by atoms with E-state index in [1.807, 2.05) is 0 Å². The van der Waals surface area contributed by atoms with Crippen LogP contribution in [0.15, 0.2) is 4.42 Å². The molecule has 1 aromatic rings. The molecule has 2 fully saturated rings. The van der Waals surface area contributed by atoms with Crippen LogP contribution in [-0.4, -0.2) is 59.3 Å². The first-order chi connectivity index (χ1) is 9.76. The Morgan fingerprint density at radius 2 is 1.95 bits per heavy atom. The van der Waals surface area contributed by atoms with Crippen LogP contribution in [0.4, 0.5) is 0 Å². The summed E-state index contributed by atoms with van der Waals surface area (Å²) in [6.07, 6.45) is 5.73. The first-order valence-electron chi connectivity index (χ1n) is 8.01. The molecule has 2 aliphatic heterocycles. The van der Waals surface area contributed by atoms with Crippen molar-refractivity contribution in [2.45, 2.75) is 51.0 Å². The average Bonchev–Trinajstić information content (AvgIpc) is 3.08. The summed E-state index contributed by atoms with van der Waals surface area (Å²) in [6, 6.07) is 0.759. The summed E-state index contributed by atoms with van der Waals surface area (Å²) in [5.41, 5.74) is 0. The second-order valence-electron chi connectivity index (χ2n) is 6.30. The summed E-state index contributed by atoms with van der Waals surface area (Å²) in [4.78, 5) is 5.07. The lowest BCUT2D eigenvalue weighted by atomic mass is 10.0. The lowest BCUT2D eigenvalue weighted by Crippen LogP contribution is -2.42. The maximum Gasteiger partial charge on any atom is 0.220 e. The van der Waals surface area contributed by atoms with E-state index in [9.17, 15) is 0 Å². The Hall–Kier alpha value is -0.940. The highest BCUT2D eigenvalue weighted by molar-refractivity contribution is 4.99. The van der Waals surface area contributed by atoms with Gasteiger partial charge in [0, 0.05) is 19.0 Å². The minimum Gasteiger partial charge on any atom is -0.425 e. The van der Waals surface area contributed by atoms with Gasteiger partial charge in [-0.05, 0) is 52.4 Å². The molecule has 0 aromatic carbocycles. The molecule has 0 saturated carbocycles. The second-order valence-corrected chi connectivity index (χ2v) is 6.30. The number of nitrogens with zero attached hydrogens (tertiary/aromatic N) is 4. The van der Waals surface area contributed by atoms with E-state index in [4.69, 9.17) is 4.42 Å². The fourth-order valence-electron chi connectivity index (χ4n) is 3.43. The van der Waals surface area contributed by atoms with Crippen LogP contribution in [0, 0.1) is 0 Å². The summed E-state index contributed by atoms with van der Waals surface area (Å²) in [6.45, 7) is 6.88. The molecule has 0 unspecified atom stereocenters. The summed E-state index contributed by atoms with van der Waals surface area (Å²) in [5.74, 6) is 2.12. The van der Waals surface area contributed by atoms with Crippen molar-refractivity contribution in [1.82, 2.24) is 20.0 Å². The van der Waals surface area contributed by atoms with E-state index >= 15 is 0 Å². The lowest BCUT2D eigenvalue weighted by Gasteiger charge is -2.35. The molecule has 0 N–H and O–H groups in total. The normalized spacial score (nSPS) is 26.4. The highest BCUT2D eigenvalue weighted by Crippen LogP contribution is 2.30.